The Balaban J connectivity index is 1.64. The van der Waals surface area contributed by atoms with Crippen LogP contribution in [0, 0.1) is 12.7 Å². The second-order valence-corrected chi connectivity index (χ2v) is 7.09. The Morgan fingerprint density at radius 2 is 1.69 bits per heavy atom. The molecule has 138 valence electrons. The Morgan fingerprint density at radius 1 is 1.08 bits per heavy atom. The minimum Gasteiger partial charge on any atom is -0.309 e. The van der Waals surface area contributed by atoms with Crippen LogP contribution in [0.2, 0.25) is 0 Å². The largest absolute Gasteiger partial charge is 0.309 e. The van der Waals surface area contributed by atoms with E-state index in [4.69, 9.17) is 0 Å². The number of likely N-dealkylation sites (tertiary alicyclic amines) is 1. The van der Waals surface area contributed by atoms with Crippen LogP contribution in [0.5, 0.6) is 0 Å². The summed E-state index contributed by atoms with van der Waals surface area (Å²) >= 11 is 0. The molecule has 0 atom stereocenters. The lowest BCUT2D eigenvalue weighted by Gasteiger charge is -2.38. The number of benzene rings is 2. The minimum absolute atomic E-state index is 0.186. The van der Waals surface area contributed by atoms with Gasteiger partial charge in [-0.3, -0.25) is 9.69 Å². The van der Waals surface area contributed by atoms with Gasteiger partial charge in [-0.05, 0) is 49.6 Å². The molecule has 0 aromatic heterocycles. The maximum absolute atomic E-state index is 13.0. The van der Waals surface area contributed by atoms with E-state index >= 15 is 0 Å². The smallest absolute Gasteiger partial charge is 0.226 e. The van der Waals surface area contributed by atoms with Crippen LogP contribution in [0.1, 0.15) is 37.3 Å². The summed E-state index contributed by atoms with van der Waals surface area (Å²) in [4.78, 5) is 17.0. The molecular formula is C22H27FN2O. The summed E-state index contributed by atoms with van der Waals surface area (Å²) in [6.07, 6.45) is 2.44. The second kappa shape index (κ2) is 8.45. The number of aryl methyl sites for hydroxylation is 1. The summed E-state index contributed by atoms with van der Waals surface area (Å²) in [6.45, 7) is 6.71. The highest BCUT2D eigenvalue weighted by molar-refractivity contribution is 5.93. The topological polar surface area (TPSA) is 23.6 Å². The van der Waals surface area contributed by atoms with E-state index in [1.54, 1.807) is 0 Å². The first-order chi connectivity index (χ1) is 12.6. The normalized spacial score (nSPS) is 15.8. The molecule has 1 fully saturated rings. The molecule has 1 aliphatic heterocycles. The minimum atomic E-state index is -0.195. The first-order valence-corrected chi connectivity index (χ1v) is 9.42. The van der Waals surface area contributed by atoms with Crippen molar-refractivity contribution >= 4 is 11.6 Å². The Bertz CT molecular complexity index is 719. The molecule has 4 heteroatoms. The van der Waals surface area contributed by atoms with E-state index in [1.165, 1.54) is 17.7 Å². The number of nitrogens with zero attached hydrogens (tertiary/aromatic N) is 2. The van der Waals surface area contributed by atoms with Crippen molar-refractivity contribution in [1.29, 1.82) is 0 Å². The third-order valence-electron chi connectivity index (χ3n) is 5.12. The number of rotatable bonds is 5. The highest BCUT2D eigenvalue weighted by Gasteiger charge is 2.28. The Labute approximate surface area is 155 Å². The average Bonchev–Trinajstić information content (AvgIpc) is 2.66. The van der Waals surface area contributed by atoms with Gasteiger partial charge in [0.1, 0.15) is 5.82 Å². The van der Waals surface area contributed by atoms with Crippen molar-refractivity contribution in [2.75, 3.05) is 18.0 Å². The summed E-state index contributed by atoms with van der Waals surface area (Å²) in [7, 11) is 0. The molecule has 0 bridgehead atoms. The van der Waals surface area contributed by atoms with Crippen molar-refractivity contribution < 1.29 is 9.18 Å². The van der Waals surface area contributed by atoms with E-state index in [1.807, 2.05) is 36.1 Å². The molecule has 0 N–H and O–H groups in total. The molecule has 1 heterocycles. The molecule has 26 heavy (non-hydrogen) atoms. The van der Waals surface area contributed by atoms with Gasteiger partial charge in [-0.25, -0.2) is 4.39 Å². The van der Waals surface area contributed by atoms with Crippen LogP contribution >= 0.6 is 0 Å². The Morgan fingerprint density at radius 3 is 2.27 bits per heavy atom. The molecule has 1 amide bonds. The number of carbonyl (C=O) groups excluding carboxylic acids is 1. The lowest BCUT2D eigenvalue weighted by atomic mass is 10.0. The number of anilines is 1. The van der Waals surface area contributed by atoms with Crippen molar-refractivity contribution in [3.8, 4) is 0 Å². The van der Waals surface area contributed by atoms with Crippen LogP contribution in [-0.4, -0.2) is 29.9 Å². The molecular weight excluding hydrogens is 327 g/mol. The van der Waals surface area contributed by atoms with Crippen LogP contribution in [-0.2, 0) is 11.3 Å². The van der Waals surface area contributed by atoms with Gasteiger partial charge in [-0.15, -0.1) is 0 Å². The molecule has 0 radical (unpaired) electrons. The molecule has 0 unspecified atom stereocenters. The maximum atomic E-state index is 13.0. The second-order valence-electron chi connectivity index (χ2n) is 7.09. The van der Waals surface area contributed by atoms with Crippen molar-refractivity contribution in [2.24, 2.45) is 0 Å². The summed E-state index contributed by atoms with van der Waals surface area (Å²) in [6, 6.07) is 15.2. The predicted molar refractivity (Wildman–Crippen MR) is 104 cm³/mol. The highest BCUT2D eigenvalue weighted by atomic mass is 19.1. The van der Waals surface area contributed by atoms with Gasteiger partial charge in [-0.2, -0.15) is 0 Å². The summed E-state index contributed by atoms with van der Waals surface area (Å²) in [5, 5.41) is 0. The van der Waals surface area contributed by atoms with E-state index < -0.39 is 0 Å². The third-order valence-corrected chi connectivity index (χ3v) is 5.12. The first-order valence-electron chi connectivity index (χ1n) is 9.42. The van der Waals surface area contributed by atoms with Crippen LogP contribution in [0.15, 0.2) is 48.5 Å². The van der Waals surface area contributed by atoms with Gasteiger partial charge in [-0.1, -0.05) is 36.8 Å². The molecule has 3 rings (SSSR count). The lowest BCUT2D eigenvalue weighted by molar-refractivity contribution is -0.119. The fourth-order valence-corrected chi connectivity index (χ4v) is 3.62. The molecule has 0 spiro atoms. The molecule has 3 nitrogen and oxygen atoms in total. The Hall–Kier alpha value is -2.20. The lowest BCUT2D eigenvalue weighted by Crippen LogP contribution is -2.47. The molecule has 0 aliphatic carbocycles. The predicted octanol–water partition coefficient (Wildman–Crippen LogP) is 4.54. The zero-order valence-corrected chi connectivity index (χ0v) is 15.6. The number of carbonyl (C=O) groups is 1. The molecule has 1 saturated heterocycles. The van der Waals surface area contributed by atoms with Crippen molar-refractivity contribution in [3.63, 3.8) is 0 Å². The van der Waals surface area contributed by atoms with Crippen molar-refractivity contribution in [1.82, 2.24) is 4.90 Å². The summed E-state index contributed by atoms with van der Waals surface area (Å²) < 4.78 is 13.0. The number of halogens is 1. The molecule has 0 saturated carbocycles. The quantitative estimate of drug-likeness (QED) is 0.787. The maximum Gasteiger partial charge on any atom is 0.226 e. The van der Waals surface area contributed by atoms with Crippen molar-refractivity contribution in [2.45, 2.75) is 45.7 Å². The number of amides is 1. The number of piperidine rings is 1. The van der Waals surface area contributed by atoms with Gasteiger partial charge in [0, 0.05) is 37.8 Å². The zero-order valence-electron chi connectivity index (χ0n) is 15.6. The molecule has 2 aromatic carbocycles. The fourth-order valence-electron chi connectivity index (χ4n) is 3.62. The van der Waals surface area contributed by atoms with E-state index in [0.29, 0.717) is 6.42 Å². The average molecular weight is 354 g/mol. The van der Waals surface area contributed by atoms with Gasteiger partial charge in [0.05, 0.1) is 0 Å². The molecule has 2 aromatic rings. The third kappa shape index (κ3) is 4.50. The van der Waals surface area contributed by atoms with Crippen LogP contribution < -0.4 is 4.90 Å². The first kappa shape index (κ1) is 18.6. The zero-order chi connectivity index (χ0) is 18.5. The van der Waals surface area contributed by atoms with Crippen molar-refractivity contribution in [3.05, 3.63) is 65.5 Å². The standard InChI is InChI=1S/C22H27FN2O/c1-3-22(26)25(20-10-4-17(2)5-11-20)21-12-14-24(15-13-21)16-18-6-8-19(23)9-7-18/h4-11,21H,3,12-16H2,1-2H3. The summed E-state index contributed by atoms with van der Waals surface area (Å²) in [5.41, 5.74) is 3.33. The van der Waals surface area contributed by atoms with Gasteiger partial charge in [0.25, 0.3) is 0 Å². The van der Waals surface area contributed by atoms with Gasteiger partial charge in [0.15, 0.2) is 0 Å². The summed E-state index contributed by atoms with van der Waals surface area (Å²) in [5.74, 6) is -0.00915. The van der Waals surface area contributed by atoms with E-state index in [0.717, 1.165) is 43.7 Å². The Kier molecular flexibility index (Phi) is 6.04. The number of hydrogen-bond acceptors (Lipinski definition) is 2. The monoisotopic (exact) mass is 354 g/mol. The van der Waals surface area contributed by atoms with Gasteiger partial charge < -0.3 is 4.90 Å². The fraction of sp³-hybridized carbons (Fsp3) is 0.409. The van der Waals surface area contributed by atoms with E-state index in [2.05, 4.69) is 24.0 Å². The SMILES string of the molecule is CCC(=O)N(c1ccc(C)cc1)C1CCN(Cc2ccc(F)cc2)CC1. The van der Waals surface area contributed by atoms with Gasteiger partial charge >= 0.3 is 0 Å². The molecule has 1 aliphatic rings. The van der Waals surface area contributed by atoms with Crippen LogP contribution in [0.25, 0.3) is 0 Å². The van der Waals surface area contributed by atoms with Gasteiger partial charge in [0.2, 0.25) is 5.91 Å². The number of hydrogen-bond donors (Lipinski definition) is 0. The van der Waals surface area contributed by atoms with Crippen LogP contribution in [0.3, 0.4) is 0 Å². The van der Waals surface area contributed by atoms with E-state index in [-0.39, 0.29) is 17.8 Å². The van der Waals surface area contributed by atoms with Crippen LogP contribution in [0.4, 0.5) is 10.1 Å². The van der Waals surface area contributed by atoms with E-state index in [9.17, 15) is 9.18 Å². The highest BCUT2D eigenvalue weighted by Crippen LogP contribution is 2.26.